The Morgan fingerprint density at radius 1 is 1.00 bits per heavy atom. The van der Waals surface area contributed by atoms with E-state index in [0.717, 1.165) is 28.8 Å². The lowest BCUT2D eigenvalue weighted by molar-refractivity contribution is -0.138. The van der Waals surface area contributed by atoms with Crippen LogP contribution in [0.5, 0.6) is 0 Å². The van der Waals surface area contributed by atoms with Crippen LogP contribution in [0.2, 0.25) is 10.0 Å². The number of pyridine rings is 1. The van der Waals surface area contributed by atoms with Crippen molar-refractivity contribution in [3.8, 4) is 0 Å². The SMILES string of the molecule is O=C1NC(=S)N(c2ccc(Cl)cc2)C(=O)C1=Cc1ncc(C(F)(F)F)cc1Sc1ccc(Cl)cc1. The van der Waals surface area contributed by atoms with Crippen molar-refractivity contribution >= 4 is 75.9 Å². The number of benzene rings is 2. The van der Waals surface area contributed by atoms with Crippen molar-refractivity contribution in [3.63, 3.8) is 0 Å². The van der Waals surface area contributed by atoms with Gasteiger partial charge in [0.15, 0.2) is 5.11 Å². The molecule has 3 aromatic rings. The van der Waals surface area contributed by atoms with Crippen molar-refractivity contribution < 1.29 is 22.8 Å². The fourth-order valence-corrected chi connectivity index (χ4v) is 4.51. The van der Waals surface area contributed by atoms with Crippen LogP contribution >= 0.6 is 47.2 Å². The molecule has 1 fully saturated rings. The summed E-state index contributed by atoms with van der Waals surface area (Å²) in [7, 11) is 0. The average molecular weight is 554 g/mol. The zero-order chi connectivity index (χ0) is 25.3. The second-order valence-corrected chi connectivity index (χ2v) is 9.47. The van der Waals surface area contributed by atoms with E-state index in [4.69, 9.17) is 35.4 Å². The van der Waals surface area contributed by atoms with Gasteiger partial charge >= 0.3 is 6.18 Å². The number of halogens is 5. The van der Waals surface area contributed by atoms with E-state index >= 15 is 0 Å². The lowest BCUT2D eigenvalue weighted by Gasteiger charge is -2.29. The van der Waals surface area contributed by atoms with Crippen LogP contribution in [-0.2, 0) is 15.8 Å². The van der Waals surface area contributed by atoms with E-state index in [-0.39, 0.29) is 21.3 Å². The minimum absolute atomic E-state index is 0.000300. The van der Waals surface area contributed by atoms with Crippen molar-refractivity contribution in [2.45, 2.75) is 16.0 Å². The number of hydrogen-bond acceptors (Lipinski definition) is 5. The molecule has 4 rings (SSSR count). The highest BCUT2D eigenvalue weighted by molar-refractivity contribution is 7.99. The Balaban J connectivity index is 1.77. The molecule has 0 aliphatic carbocycles. The van der Waals surface area contributed by atoms with Crippen LogP contribution in [0.3, 0.4) is 0 Å². The molecule has 2 amide bonds. The number of amides is 2. The number of hydrogen-bond donors (Lipinski definition) is 1. The number of nitrogens with zero attached hydrogens (tertiary/aromatic N) is 2. The van der Waals surface area contributed by atoms with Crippen LogP contribution in [0.4, 0.5) is 18.9 Å². The zero-order valence-electron chi connectivity index (χ0n) is 17.3. The van der Waals surface area contributed by atoms with Crippen molar-refractivity contribution in [2.75, 3.05) is 4.90 Å². The Morgan fingerprint density at radius 3 is 2.20 bits per heavy atom. The number of aromatic nitrogens is 1. The first-order chi connectivity index (χ1) is 16.5. The van der Waals surface area contributed by atoms with Gasteiger partial charge in [-0.25, -0.2) is 0 Å². The second-order valence-electron chi connectivity index (χ2n) is 7.10. The summed E-state index contributed by atoms with van der Waals surface area (Å²) in [6, 6.07) is 13.5. The van der Waals surface area contributed by atoms with Crippen molar-refractivity contribution in [1.29, 1.82) is 0 Å². The highest BCUT2D eigenvalue weighted by atomic mass is 35.5. The second kappa shape index (κ2) is 9.98. The molecule has 0 saturated carbocycles. The van der Waals surface area contributed by atoms with E-state index in [1.807, 2.05) is 0 Å². The molecule has 35 heavy (non-hydrogen) atoms. The standard InChI is InChI=1S/C23H12Cl2F3N3O2S2/c24-13-1-5-15(6-2-13)31-21(33)17(20(32)30-22(31)34)10-18-19(9-12(11-29-18)23(26,27)28)35-16-7-3-14(25)4-8-16/h1-11H,(H,30,32,34). The normalized spacial score (nSPS) is 15.5. The summed E-state index contributed by atoms with van der Waals surface area (Å²) >= 11 is 17.9. The van der Waals surface area contributed by atoms with E-state index in [0.29, 0.717) is 26.8 Å². The first-order valence-electron chi connectivity index (χ1n) is 9.70. The van der Waals surface area contributed by atoms with E-state index in [2.05, 4.69) is 10.3 Å². The molecule has 1 saturated heterocycles. The molecule has 1 N–H and O–H groups in total. The third kappa shape index (κ3) is 5.67. The number of alkyl halides is 3. The van der Waals surface area contributed by atoms with Crippen LogP contribution in [0, 0.1) is 0 Å². The summed E-state index contributed by atoms with van der Waals surface area (Å²) in [6.07, 6.45) is -2.85. The molecular weight excluding hydrogens is 542 g/mol. The summed E-state index contributed by atoms with van der Waals surface area (Å²) in [5, 5.41) is 3.17. The van der Waals surface area contributed by atoms with Gasteiger partial charge < -0.3 is 0 Å². The predicted molar refractivity (Wildman–Crippen MR) is 132 cm³/mol. The molecule has 1 aliphatic rings. The zero-order valence-corrected chi connectivity index (χ0v) is 20.4. The van der Waals surface area contributed by atoms with Gasteiger partial charge in [-0.3, -0.25) is 24.8 Å². The van der Waals surface area contributed by atoms with Gasteiger partial charge in [0.05, 0.1) is 16.9 Å². The van der Waals surface area contributed by atoms with Crippen LogP contribution in [0.25, 0.3) is 6.08 Å². The summed E-state index contributed by atoms with van der Waals surface area (Å²) in [5.41, 5.74) is -0.968. The van der Waals surface area contributed by atoms with Gasteiger partial charge in [0.2, 0.25) is 0 Å². The summed E-state index contributed by atoms with van der Waals surface area (Å²) < 4.78 is 40.1. The molecule has 0 bridgehead atoms. The van der Waals surface area contributed by atoms with E-state index in [9.17, 15) is 22.8 Å². The Kier molecular flexibility index (Phi) is 7.18. The fourth-order valence-electron chi connectivity index (χ4n) is 3.05. The molecule has 0 unspecified atom stereocenters. The predicted octanol–water partition coefficient (Wildman–Crippen LogP) is 6.39. The van der Waals surface area contributed by atoms with Crippen molar-refractivity contribution in [2.24, 2.45) is 0 Å². The van der Waals surface area contributed by atoms with Crippen LogP contribution < -0.4 is 10.2 Å². The Labute approximate surface area is 216 Å². The van der Waals surface area contributed by atoms with Gasteiger partial charge in [0, 0.05) is 26.0 Å². The third-order valence-corrected chi connectivity index (χ3v) is 6.56. The first-order valence-corrected chi connectivity index (χ1v) is 11.7. The maximum atomic E-state index is 13.4. The van der Waals surface area contributed by atoms with Crippen molar-refractivity contribution in [3.05, 3.63) is 87.7 Å². The summed E-state index contributed by atoms with van der Waals surface area (Å²) in [5.74, 6) is -1.56. The molecule has 2 aromatic carbocycles. The third-order valence-electron chi connectivity index (χ3n) is 4.72. The highest BCUT2D eigenvalue weighted by Gasteiger charge is 2.35. The summed E-state index contributed by atoms with van der Waals surface area (Å²) in [6.45, 7) is 0. The smallest absolute Gasteiger partial charge is 0.298 e. The maximum Gasteiger partial charge on any atom is 0.417 e. The molecule has 1 aromatic heterocycles. The van der Waals surface area contributed by atoms with E-state index < -0.39 is 23.6 Å². The van der Waals surface area contributed by atoms with E-state index in [1.54, 1.807) is 48.5 Å². The monoisotopic (exact) mass is 553 g/mol. The summed E-state index contributed by atoms with van der Waals surface area (Å²) in [4.78, 5) is 31.5. The molecule has 5 nitrogen and oxygen atoms in total. The van der Waals surface area contributed by atoms with Gasteiger partial charge in [0.1, 0.15) is 5.57 Å². The molecule has 0 spiro atoms. The number of carbonyl (C=O) groups is 2. The largest absolute Gasteiger partial charge is 0.417 e. The average Bonchev–Trinajstić information content (AvgIpc) is 2.79. The fraction of sp³-hybridized carbons (Fsp3) is 0.0435. The van der Waals surface area contributed by atoms with Gasteiger partial charge in [0.25, 0.3) is 11.8 Å². The van der Waals surface area contributed by atoms with Gasteiger partial charge in [-0.1, -0.05) is 35.0 Å². The Morgan fingerprint density at radius 2 is 1.60 bits per heavy atom. The van der Waals surface area contributed by atoms with E-state index in [1.165, 1.54) is 0 Å². The molecule has 0 atom stereocenters. The van der Waals surface area contributed by atoms with Crippen LogP contribution in [0.1, 0.15) is 11.3 Å². The molecule has 1 aliphatic heterocycles. The molecule has 178 valence electrons. The van der Waals surface area contributed by atoms with Crippen LogP contribution in [0.15, 0.2) is 76.2 Å². The number of carbonyl (C=O) groups excluding carboxylic acids is 2. The number of nitrogens with one attached hydrogen (secondary N) is 1. The molecule has 12 heteroatoms. The number of anilines is 1. The van der Waals surface area contributed by atoms with Crippen LogP contribution in [-0.4, -0.2) is 21.9 Å². The number of rotatable bonds is 4. The topological polar surface area (TPSA) is 62.3 Å². The molecule has 0 radical (unpaired) electrons. The van der Waals surface area contributed by atoms with Gasteiger partial charge in [-0.2, -0.15) is 13.2 Å². The Hall–Kier alpha value is -2.92. The van der Waals surface area contributed by atoms with Gasteiger partial charge in [-0.05, 0) is 72.9 Å². The van der Waals surface area contributed by atoms with Crippen molar-refractivity contribution in [1.82, 2.24) is 10.3 Å². The van der Waals surface area contributed by atoms with Gasteiger partial charge in [-0.15, -0.1) is 0 Å². The first kappa shape index (κ1) is 25.2. The maximum absolute atomic E-state index is 13.4. The minimum atomic E-state index is -4.64. The molecule has 2 heterocycles. The highest BCUT2D eigenvalue weighted by Crippen LogP contribution is 2.37. The lowest BCUT2D eigenvalue weighted by atomic mass is 10.1. The molecular formula is C23H12Cl2F3N3O2S2. The lowest BCUT2D eigenvalue weighted by Crippen LogP contribution is -2.54. The minimum Gasteiger partial charge on any atom is -0.298 e. The Bertz CT molecular complexity index is 1360. The quantitative estimate of drug-likeness (QED) is 0.230. The number of thiocarbonyl (C=S) groups is 1.